The third-order valence-electron chi connectivity index (χ3n) is 4.24. The van der Waals surface area contributed by atoms with Gasteiger partial charge in [-0.05, 0) is 52.3 Å². The second-order valence-electron chi connectivity index (χ2n) is 6.49. The number of rotatable bonds is 2. The molecule has 1 aromatic heterocycles. The average molecular weight is 285 g/mol. The molecule has 6 heteroatoms. The van der Waals surface area contributed by atoms with E-state index in [0.29, 0.717) is 5.59 Å². The highest BCUT2D eigenvalue weighted by atomic mass is 16.7. The third kappa shape index (κ3) is 2.49. The molecule has 0 bridgehead atoms. The van der Waals surface area contributed by atoms with Gasteiger partial charge in [-0.1, -0.05) is 12.1 Å². The summed E-state index contributed by atoms with van der Waals surface area (Å²) >= 11 is 0. The summed E-state index contributed by atoms with van der Waals surface area (Å²) in [4.78, 5) is 1.60. The van der Waals surface area contributed by atoms with Gasteiger partial charge in [-0.15, -0.1) is 0 Å². The number of hydrogen-bond donors (Lipinski definition) is 0. The van der Waals surface area contributed by atoms with E-state index in [2.05, 4.69) is 10.2 Å². The molecule has 0 radical (unpaired) electrons. The van der Waals surface area contributed by atoms with E-state index in [4.69, 9.17) is 9.31 Å². The van der Waals surface area contributed by atoms with Crippen LogP contribution in [0.4, 0.5) is 0 Å². The van der Waals surface area contributed by atoms with E-state index in [1.54, 1.807) is 11.0 Å². The van der Waals surface area contributed by atoms with Gasteiger partial charge in [0.25, 0.3) is 0 Å². The summed E-state index contributed by atoms with van der Waals surface area (Å²) in [7, 11) is -0.478. The van der Waals surface area contributed by atoms with Gasteiger partial charge >= 0.3 is 7.12 Å². The molecule has 0 unspecified atom stereocenters. The van der Waals surface area contributed by atoms with Crippen LogP contribution < -0.4 is 5.59 Å². The Balaban J connectivity index is 1.87. The lowest BCUT2D eigenvalue weighted by atomic mass is 9.86. The van der Waals surface area contributed by atoms with Crippen molar-refractivity contribution in [3.05, 3.63) is 36.0 Å². The molecule has 5 nitrogen and oxygen atoms in total. The zero-order valence-corrected chi connectivity index (χ0v) is 13.1. The van der Waals surface area contributed by atoms with Gasteiger partial charge in [0, 0.05) is 0 Å². The summed E-state index contributed by atoms with van der Waals surface area (Å²) in [6.07, 6.45) is 1.70. The summed E-state index contributed by atoms with van der Waals surface area (Å²) in [5.74, 6) is 0. The van der Waals surface area contributed by atoms with Crippen molar-refractivity contribution >= 4 is 12.7 Å². The zero-order chi connectivity index (χ0) is 15.3. The summed E-state index contributed by atoms with van der Waals surface area (Å²) in [6, 6.07) is 8.04. The molecule has 1 fully saturated rings. The highest BCUT2D eigenvalue weighted by Crippen LogP contribution is 2.36. The van der Waals surface area contributed by atoms with Crippen molar-refractivity contribution in [2.24, 2.45) is 0 Å². The van der Waals surface area contributed by atoms with E-state index in [9.17, 15) is 0 Å². The molecule has 0 amide bonds. The summed E-state index contributed by atoms with van der Waals surface area (Å²) in [5.41, 5.74) is 2.05. The molecule has 0 saturated carbocycles. The topological polar surface area (TPSA) is 49.2 Å². The Morgan fingerprint density at radius 3 is 2.38 bits per heavy atom. The molecule has 2 heterocycles. The van der Waals surface area contributed by atoms with Crippen LogP contribution in [0.25, 0.3) is 5.69 Å². The molecule has 2 aromatic rings. The Morgan fingerprint density at radius 1 is 1.10 bits per heavy atom. The number of nitrogens with zero attached hydrogens (tertiary/aromatic N) is 3. The molecule has 1 aliphatic heterocycles. The fourth-order valence-electron chi connectivity index (χ4n) is 2.22. The molecular weight excluding hydrogens is 265 g/mol. The van der Waals surface area contributed by atoms with Crippen LogP contribution in [0.15, 0.2) is 30.5 Å². The van der Waals surface area contributed by atoms with Gasteiger partial charge in [0.2, 0.25) is 0 Å². The van der Waals surface area contributed by atoms with Gasteiger partial charge in [0.05, 0.1) is 23.1 Å². The Kier molecular flexibility index (Phi) is 3.18. The number of aryl methyl sites for hydroxylation is 1. The van der Waals surface area contributed by atoms with Crippen molar-refractivity contribution in [3.63, 3.8) is 0 Å². The lowest BCUT2D eigenvalue weighted by Gasteiger charge is -2.32. The monoisotopic (exact) mass is 285 g/mol. The smallest absolute Gasteiger partial charge is 0.398 e. The van der Waals surface area contributed by atoms with Crippen LogP contribution in [0.1, 0.15) is 33.3 Å². The maximum atomic E-state index is 5.98. The molecule has 0 N–H and O–H groups in total. The minimum Gasteiger partial charge on any atom is -0.398 e. The third-order valence-corrected chi connectivity index (χ3v) is 4.24. The predicted molar refractivity (Wildman–Crippen MR) is 81.8 cm³/mol. The summed E-state index contributed by atoms with van der Waals surface area (Å²) < 4.78 is 12.0. The molecule has 0 atom stereocenters. The molecule has 21 heavy (non-hydrogen) atoms. The van der Waals surface area contributed by atoms with E-state index in [1.807, 2.05) is 58.9 Å². The minimum absolute atomic E-state index is 0.370. The van der Waals surface area contributed by atoms with Crippen LogP contribution in [0.2, 0.25) is 0 Å². The van der Waals surface area contributed by atoms with Crippen molar-refractivity contribution in [2.75, 3.05) is 0 Å². The molecule has 110 valence electrons. The van der Waals surface area contributed by atoms with Gasteiger partial charge in [-0.3, -0.25) is 0 Å². The van der Waals surface area contributed by atoms with Crippen LogP contribution in [-0.2, 0) is 9.31 Å². The predicted octanol–water partition coefficient (Wildman–Crippen LogP) is 1.87. The molecule has 1 aromatic carbocycles. The van der Waals surface area contributed by atoms with Crippen LogP contribution in [0.3, 0.4) is 0 Å². The van der Waals surface area contributed by atoms with E-state index in [-0.39, 0.29) is 11.2 Å². The zero-order valence-electron chi connectivity index (χ0n) is 13.1. The van der Waals surface area contributed by atoms with Gasteiger partial charge in [-0.25, -0.2) is 0 Å². The van der Waals surface area contributed by atoms with Crippen molar-refractivity contribution in [2.45, 2.75) is 45.8 Å². The van der Waals surface area contributed by atoms with Crippen LogP contribution in [-0.4, -0.2) is 33.3 Å². The first-order chi connectivity index (χ1) is 9.78. The van der Waals surface area contributed by atoms with Crippen molar-refractivity contribution < 1.29 is 9.31 Å². The normalized spacial score (nSPS) is 20.0. The highest BCUT2D eigenvalue weighted by molar-refractivity contribution is 6.61. The Hall–Kier alpha value is -1.66. The van der Waals surface area contributed by atoms with Crippen LogP contribution >= 0.6 is 0 Å². The molecule has 1 saturated heterocycles. The Labute approximate surface area is 125 Å². The largest absolute Gasteiger partial charge is 0.518 e. The fourth-order valence-corrected chi connectivity index (χ4v) is 2.22. The lowest BCUT2D eigenvalue weighted by molar-refractivity contribution is 0.00578. The van der Waals surface area contributed by atoms with E-state index in [0.717, 1.165) is 5.69 Å². The maximum absolute atomic E-state index is 5.98. The first kappa shape index (κ1) is 14.3. The number of hydrogen-bond acceptors (Lipinski definition) is 4. The second kappa shape index (κ2) is 4.68. The second-order valence-corrected chi connectivity index (χ2v) is 6.49. The molecule has 3 rings (SSSR count). The molecule has 1 aliphatic rings. The number of benzene rings is 1. The van der Waals surface area contributed by atoms with Crippen LogP contribution in [0, 0.1) is 6.92 Å². The van der Waals surface area contributed by atoms with E-state index in [1.165, 1.54) is 5.56 Å². The first-order valence-electron chi connectivity index (χ1n) is 7.13. The quantitative estimate of drug-likeness (QED) is 0.790. The van der Waals surface area contributed by atoms with E-state index < -0.39 is 7.12 Å². The summed E-state index contributed by atoms with van der Waals surface area (Å²) in [6.45, 7) is 10.1. The lowest BCUT2D eigenvalue weighted by Crippen LogP contribution is -2.41. The standard InChI is InChI=1S/C15H20BN3O2/c1-11-7-6-8-12(9-11)19-17-10-13(18-19)16-20-14(2,3)15(4,5)21-16/h6-10H,1-5H3. The van der Waals surface area contributed by atoms with Gasteiger partial charge in [0.1, 0.15) is 5.59 Å². The van der Waals surface area contributed by atoms with Gasteiger partial charge in [-0.2, -0.15) is 15.0 Å². The first-order valence-corrected chi connectivity index (χ1v) is 7.13. The number of aromatic nitrogens is 3. The average Bonchev–Trinajstić information content (AvgIpc) is 2.93. The minimum atomic E-state index is -0.478. The molecule has 0 aliphatic carbocycles. The Bertz CT molecular complexity index is 650. The van der Waals surface area contributed by atoms with E-state index >= 15 is 0 Å². The Morgan fingerprint density at radius 2 is 1.76 bits per heavy atom. The fraction of sp³-hybridized carbons (Fsp3) is 0.467. The summed E-state index contributed by atoms with van der Waals surface area (Å²) in [5, 5.41) is 8.80. The van der Waals surface area contributed by atoms with Gasteiger partial charge in [0.15, 0.2) is 0 Å². The maximum Gasteiger partial charge on any atom is 0.518 e. The van der Waals surface area contributed by atoms with Crippen molar-refractivity contribution in [3.8, 4) is 5.69 Å². The van der Waals surface area contributed by atoms with Crippen LogP contribution in [0.5, 0.6) is 0 Å². The highest BCUT2D eigenvalue weighted by Gasteiger charge is 2.52. The van der Waals surface area contributed by atoms with Gasteiger partial charge < -0.3 is 9.31 Å². The van der Waals surface area contributed by atoms with Crippen molar-refractivity contribution in [1.82, 2.24) is 15.0 Å². The van der Waals surface area contributed by atoms with Crippen molar-refractivity contribution in [1.29, 1.82) is 0 Å². The molecule has 0 spiro atoms. The SMILES string of the molecule is Cc1cccc(-n2ncc(B3OC(C)(C)C(C)(C)O3)n2)c1. The molecular formula is C15H20BN3O2.